The molecule has 36 heavy (non-hydrogen) atoms. The molecule has 1 aliphatic rings. The van der Waals surface area contributed by atoms with E-state index in [0.29, 0.717) is 36.8 Å². The quantitative estimate of drug-likeness (QED) is 0.334. The van der Waals surface area contributed by atoms with E-state index in [9.17, 15) is 4.79 Å². The van der Waals surface area contributed by atoms with E-state index in [1.54, 1.807) is 0 Å². The Morgan fingerprint density at radius 2 is 1.53 bits per heavy atom. The summed E-state index contributed by atoms with van der Waals surface area (Å²) in [5.74, 6) is 1.03. The van der Waals surface area contributed by atoms with Crippen molar-refractivity contribution in [2.75, 3.05) is 13.3 Å². The van der Waals surface area contributed by atoms with Crippen molar-refractivity contribution in [2.24, 2.45) is 0 Å². The molecule has 0 amide bonds. The summed E-state index contributed by atoms with van der Waals surface area (Å²) in [6, 6.07) is 29.2. The molecule has 2 heterocycles. The maximum Gasteiger partial charge on any atom is 0.342 e. The summed E-state index contributed by atoms with van der Waals surface area (Å²) in [7, 11) is 0. The average Bonchev–Trinajstić information content (AvgIpc) is 3.28. The van der Waals surface area contributed by atoms with E-state index in [1.807, 2.05) is 44.2 Å². The third-order valence-electron chi connectivity index (χ3n) is 7.04. The van der Waals surface area contributed by atoms with Crippen molar-refractivity contribution >= 4 is 27.7 Å². The number of carbonyl (C=O) groups is 1. The van der Waals surface area contributed by atoms with Crippen LogP contribution in [0.15, 0.2) is 89.3 Å². The SMILES string of the molecule is CCOC(=O)c1c(C)oc2c1c1c(c3ccccc32)OC[NH+](C(c2ccccc2)c2ccccc2)C1. The van der Waals surface area contributed by atoms with Gasteiger partial charge in [0.2, 0.25) is 6.73 Å². The minimum absolute atomic E-state index is 0.0705. The molecule has 1 aliphatic heterocycles. The van der Waals surface area contributed by atoms with E-state index in [4.69, 9.17) is 13.9 Å². The zero-order valence-corrected chi connectivity index (χ0v) is 20.4. The van der Waals surface area contributed by atoms with Crippen LogP contribution < -0.4 is 9.64 Å². The Morgan fingerprint density at radius 3 is 2.17 bits per heavy atom. The van der Waals surface area contributed by atoms with Gasteiger partial charge in [0, 0.05) is 27.3 Å². The largest absolute Gasteiger partial charge is 0.462 e. The van der Waals surface area contributed by atoms with Gasteiger partial charge >= 0.3 is 5.97 Å². The summed E-state index contributed by atoms with van der Waals surface area (Å²) in [5, 5.41) is 2.74. The van der Waals surface area contributed by atoms with Gasteiger partial charge in [0.15, 0.2) is 0 Å². The van der Waals surface area contributed by atoms with Crippen molar-refractivity contribution < 1.29 is 23.6 Å². The lowest BCUT2D eigenvalue weighted by atomic mass is 9.93. The molecule has 180 valence electrons. The van der Waals surface area contributed by atoms with Crippen molar-refractivity contribution in [1.29, 1.82) is 0 Å². The highest BCUT2D eigenvalue weighted by Crippen LogP contribution is 2.43. The number of fused-ring (bicyclic) bond motifs is 6. The number of rotatable bonds is 5. The lowest BCUT2D eigenvalue weighted by Crippen LogP contribution is -3.12. The Labute approximate surface area is 209 Å². The van der Waals surface area contributed by atoms with Crippen LogP contribution >= 0.6 is 0 Å². The maximum absolute atomic E-state index is 13.1. The number of furan rings is 1. The van der Waals surface area contributed by atoms with Gasteiger partial charge in [0.1, 0.15) is 35.2 Å². The summed E-state index contributed by atoms with van der Waals surface area (Å²) in [6.07, 6.45) is 0. The number of nitrogens with one attached hydrogen (secondary N) is 1. The Morgan fingerprint density at radius 1 is 0.917 bits per heavy atom. The molecule has 0 spiro atoms. The number of hydrogen-bond donors (Lipinski definition) is 1. The van der Waals surface area contributed by atoms with Crippen molar-refractivity contribution in [2.45, 2.75) is 26.4 Å². The van der Waals surface area contributed by atoms with Crippen molar-refractivity contribution in [3.05, 3.63) is 113 Å². The van der Waals surface area contributed by atoms with Crippen LogP contribution in [0.25, 0.3) is 21.7 Å². The number of benzene rings is 4. The van der Waals surface area contributed by atoms with Crippen molar-refractivity contribution in [3.63, 3.8) is 0 Å². The highest BCUT2D eigenvalue weighted by Gasteiger charge is 2.36. The molecule has 1 N–H and O–H groups in total. The summed E-state index contributed by atoms with van der Waals surface area (Å²) in [5.41, 5.74) is 4.63. The molecule has 0 saturated carbocycles. The standard InChI is InChI=1S/C31H27NO4/c1-3-34-31(33)26-20(2)36-30-24-17-11-10-16-23(24)29-25(27(26)30)18-32(19-35-29)28(21-12-6-4-7-13-21)22-14-8-5-9-15-22/h4-17,28H,3,18-19H2,1-2H3/p+1. The van der Waals surface area contributed by atoms with Gasteiger partial charge in [-0.2, -0.15) is 0 Å². The van der Waals surface area contributed by atoms with E-state index in [1.165, 1.54) is 16.0 Å². The first-order valence-corrected chi connectivity index (χ1v) is 12.4. The van der Waals surface area contributed by atoms with Crippen molar-refractivity contribution in [3.8, 4) is 5.75 Å². The van der Waals surface area contributed by atoms with E-state index in [2.05, 4.69) is 54.6 Å². The molecule has 0 saturated heterocycles. The maximum atomic E-state index is 13.1. The predicted octanol–water partition coefficient (Wildman–Crippen LogP) is 5.60. The third-order valence-corrected chi connectivity index (χ3v) is 7.04. The second kappa shape index (κ2) is 9.17. The second-order valence-electron chi connectivity index (χ2n) is 9.19. The zero-order valence-electron chi connectivity index (χ0n) is 20.4. The third kappa shape index (κ3) is 3.64. The topological polar surface area (TPSA) is 53.1 Å². The van der Waals surface area contributed by atoms with Gasteiger partial charge in [0.05, 0.1) is 12.2 Å². The first-order valence-electron chi connectivity index (χ1n) is 12.4. The zero-order chi connectivity index (χ0) is 24.6. The number of hydrogen-bond acceptors (Lipinski definition) is 4. The first kappa shape index (κ1) is 22.4. The van der Waals surface area contributed by atoms with E-state index in [-0.39, 0.29) is 12.0 Å². The summed E-state index contributed by atoms with van der Waals surface area (Å²) >= 11 is 0. The summed E-state index contributed by atoms with van der Waals surface area (Å²) in [6.45, 7) is 5.13. The van der Waals surface area contributed by atoms with Gasteiger partial charge in [-0.05, 0) is 13.8 Å². The molecular formula is C31H28NO4+. The van der Waals surface area contributed by atoms with Crippen LogP contribution in [0.3, 0.4) is 0 Å². The summed E-state index contributed by atoms with van der Waals surface area (Å²) in [4.78, 5) is 14.3. The fourth-order valence-corrected chi connectivity index (χ4v) is 5.54. The predicted molar refractivity (Wildman–Crippen MR) is 139 cm³/mol. The molecule has 0 fully saturated rings. The fourth-order valence-electron chi connectivity index (χ4n) is 5.54. The van der Waals surface area contributed by atoms with Crippen LogP contribution in [-0.4, -0.2) is 19.3 Å². The Hall–Kier alpha value is -4.09. The van der Waals surface area contributed by atoms with Gasteiger partial charge in [-0.3, -0.25) is 4.90 Å². The molecule has 0 aliphatic carbocycles. The lowest BCUT2D eigenvalue weighted by Gasteiger charge is -2.34. The molecule has 5 aromatic rings. The molecule has 5 heteroatoms. The van der Waals surface area contributed by atoms with Crippen LogP contribution in [0, 0.1) is 6.92 Å². The molecule has 5 nitrogen and oxygen atoms in total. The lowest BCUT2D eigenvalue weighted by molar-refractivity contribution is -0.956. The molecule has 0 radical (unpaired) electrons. The van der Waals surface area contributed by atoms with Crippen LogP contribution in [0.4, 0.5) is 0 Å². The van der Waals surface area contributed by atoms with Crippen LogP contribution in [0.1, 0.15) is 45.8 Å². The van der Waals surface area contributed by atoms with Crippen LogP contribution in [-0.2, 0) is 11.3 Å². The minimum Gasteiger partial charge on any atom is -0.462 e. The minimum atomic E-state index is -0.360. The second-order valence-corrected chi connectivity index (χ2v) is 9.19. The normalized spacial score (nSPS) is 15.1. The van der Waals surface area contributed by atoms with Gasteiger partial charge in [-0.1, -0.05) is 84.9 Å². The molecule has 6 rings (SSSR count). The highest BCUT2D eigenvalue weighted by molar-refractivity contribution is 6.16. The Balaban J connectivity index is 1.57. The molecule has 1 atom stereocenters. The average molecular weight is 479 g/mol. The Bertz CT molecular complexity index is 1520. The van der Waals surface area contributed by atoms with Gasteiger partial charge in [-0.15, -0.1) is 0 Å². The summed E-state index contributed by atoms with van der Waals surface area (Å²) < 4.78 is 18.2. The Kier molecular flexibility index (Phi) is 5.70. The number of carbonyl (C=O) groups excluding carboxylic acids is 1. The molecule has 1 unspecified atom stereocenters. The van der Waals surface area contributed by atoms with E-state index >= 15 is 0 Å². The number of ether oxygens (including phenoxy) is 2. The fraction of sp³-hybridized carbons (Fsp3) is 0.194. The van der Waals surface area contributed by atoms with Crippen molar-refractivity contribution in [1.82, 2.24) is 0 Å². The molecule has 4 aromatic carbocycles. The molecule has 1 aromatic heterocycles. The van der Waals surface area contributed by atoms with Gasteiger partial charge in [-0.25, -0.2) is 4.79 Å². The molecule has 0 bridgehead atoms. The monoisotopic (exact) mass is 478 g/mol. The van der Waals surface area contributed by atoms with Gasteiger partial charge < -0.3 is 13.9 Å². The van der Waals surface area contributed by atoms with Crippen LogP contribution in [0.2, 0.25) is 0 Å². The van der Waals surface area contributed by atoms with E-state index < -0.39 is 0 Å². The number of esters is 1. The molecular weight excluding hydrogens is 450 g/mol. The van der Waals surface area contributed by atoms with E-state index in [0.717, 1.165) is 27.5 Å². The smallest absolute Gasteiger partial charge is 0.342 e. The highest BCUT2D eigenvalue weighted by atomic mass is 16.5. The number of quaternary nitrogens is 1. The van der Waals surface area contributed by atoms with Crippen LogP contribution in [0.5, 0.6) is 5.75 Å². The van der Waals surface area contributed by atoms with Gasteiger partial charge in [0.25, 0.3) is 0 Å². The number of aryl methyl sites for hydroxylation is 1. The first-order chi connectivity index (χ1) is 17.7.